The van der Waals surface area contributed by atoms with Crippen molar-refractivity contribution in [3.63, 3.8) is 0 Å². The number of urea groups is 1. The zero-order valence-corrected chi connectivity index (χ0v) is 16.6. The molecule has 0 fully saturated rings. The molecule has 158 valence electrons. The molecule has 3 aromatic rings. The van der Waals surface area contributed by atoms with Crippen LogP contribution in [0.15, 0.2) is 48.8 Å². The molecule has 3 N–H and O–H groups in total. The average molecular weight is 436 g/mol. The molecule has 0 atom stereocenters. The van der Waals surface area contributed by atoms with Crippen molar-refractivity contribution in [3.05, 3.63) is 66.0 Å². The number of hydrogen-bond donors (Lipinski definition) is 3. The molecular weight excluding hydrogens is 418 g/mol. The highest BCUT2D eigenvalue weighted by molar-refractivity contribution is 7.92. The number of anilines is 2. The Morgan fingerprint density at radius 2 is 1.97 bits per heavy atom. The summed E-state index contributed by atoms with van der Waals surface area (Å²) in [5.74, 6) is -1.45. The summed E-state index contributed by atoms with van der Waals surface area (Å²) in [5, 5.41) is 8.76. The average Bonchev–Trinajstić information content (AvgIpc) is 3.12. The predicted octanol–water partition coefficient (Wildman–Crippen LogP) is 2.42. The number of benzene rings is 1. The fourth-order valence-electron chi connectivity index (χ4n) is 2.40. The number of aryl methyl sites for hydroxylation is 1. The lowest BCUT2D eigenvalue weighted by molar-refractivity contribution is 0.252. The number of aromatic nitrogens is 3. The molecule has 0 aliphatic carbocycles. The quantitative estimate of drug-likeness (QED) is 0.526. The first-order valence-corrected chi connectivity index (χ1v) is 10.4. The van der Waals surface area contributed by atoms with E-state index >= 15 is 0 Å². The van der Waals surface area contributed by atoms with E-state index in [2.05, 4.69) is 25.4 Å². The van der Waals surface area contributed by atoms with Gasteiger partial charge in [0.15, 0.2) is 17.5 Å². The Hall–Kier alpha value is -3.54. The van der Waals surface area contributed by atoms with Gasteiger partial charge in [-0.2, -0.15) is 0 Å². The van der Waals surface area contributed by atoms with Gasteiger partial charge in [-0.3, -0.25) is 10.0 Å². The van der Waals surface area contributed by atoms with Crippen molar-refractivity contribution in [3.8, 4) is 5.82 Å². The van der Waals surface area contributed by atoms with E-state index in [4.69, 9.17) is 0 Å². The summed E-state index contributed by atoms with van der Waals surface area (Å²) >= 11 is 0. The van der Waals surface area contributed by atoms with Gasteiger partial charge in [0.2, 0.25) is 10.0 Å². The lowest BCUT2D eigenvalue weighted by Gasteiger charge is -2.10. The molecule has 0 radical (unpaired) electrons. The second-order valence-electron chi connectivity index (χ2n) is 6.22. The Balaban J connectivity index is 1.50. The fraction of sp³-hybridized carbons (Fsp3) is 0.167. The van der Waals surface area contributed by atoms with Gasteiger partial charge < -0.3 is 5.32 Å². The van der Waals surface area contributed by atoms with E-state index in [9.17, 15) is 22.0 Å². The van der Waals surface area contributed by atoms with Gasteiger partial charge in [-0.05, 0) is 36.8 Å². The van der Waals surface area contributed by atoms with Crippen LogP contribution in [0.4, 0.5) is 25.1 Å². The molecule has 12 heteroatoms. The topological polar surface area (TPSA) is 118 Å². The van der Waals surface area contributed by atoms with Gasteiger partial charge in [0.25, 0.3) is 0 Å². The molecule has 2 aromatic heterocycles. The van der Waals surface area contributed by atoms with Gasteiger partial charge in [-0.15, -0.1) is 5.10 Å². The highest BCUT2D eigenvalue weighted by atomic mass is 32.2. The number of rotatable bonds is 7. The highest BCUT2D eigenvalue weighted by Gasteiger charge is 2.13. The Labute approximate surface area is 171 Å². The van der Waals surface area contributed by atoms with Crippen molar-refractivity contribution in [1.29, 1.82) is 0 Å². The van der Waals surface area contributed by atoms with Gasteiger partial charge in [0, 0.05) is 25.0 Å². The summed E-state index contributed by atoms with van der Waals surface area (Å²) in [6.07, 6.45) is 2.81. The lowest BCUT2D eigenvalue weighted by Crippen LogP contribution is -2.34. The minimum atomic E-state index is -3.80. The zero-order chi connectivity index (χ0) is 21.7. The molecule has 0 spiro atoms. The number of nitrogens with one attached hydrogen (secondary N) is 3. The monoisotopic (exact) mass is 436 g/mol. The zero-order valence-electron chi connectivity index (χ0n) is 15.8. The minimum Gasteiger partial charge on any atom is -0.337 e. The number of sulfonamides is 1. The van der Waals surface area contributed by atoms with Crippen LogP contribution >= 0.6 is 0 Å². The second kappa shape index (κ2) is 8.86. The van der Waals surface area contributed by atoms with Crippen molar-refractivity contribution < 1.29 is 22.0 Å². The van der Waals surface area contributed by atoms with Crippen LogP contribution in [-0.2, 0) is 10.0 Å². The fourth-order valence-corrected chi connectivity index (χ4v) is 3.36. The van der Waals surface area contributed by atoms with Crippen molar-refractivity contribution in [2.75, 3.05) is 22.3 Å². The summed E-state index contributed by atoms with van der Waals surface area (Å²) < 4.78 is 54.8. The van der Waals surface area contributed by atoms with E-state index in [1.165, 1.54) is 42.7 Å². The molecule has 0 aliphatic heterocycles. The van der Waals surface area contributed by atoms with E-state index in [-0.39, 0.29) is 23.9 Å². The molecule has 0 saturated carbocycles. The third-order valence-electron chi connectivity index (χ3n) is 3.89. The van der Waals surface area contributed by atoms with Crippen LogP contribution in [0.2, 0.25) is 0 Å². The number of hydrogen-bond acceptors (Lipinski definition) is 5. The van der Waals surface area contributed by atoms with E-state index in [0.717, 1.165) is 10.7 Å². The van der Waals surface area contributed by atoms with Gasteiger partial charge in [-0.25, -0.2) is 31.7 Å². The summed E-state index contributed by atoms with van der Waals surface area (Å²) in [6.45, 7) is 1.36. The molecule has 1 aromatic carbocycles. The first-order chi connectivity index (χ1) is 14.2. The van der Waals surface area contributed by atoms with Gasteiger partial charge >= 0.3 is 6.03 Å². The van der Waals surface area contributed by atoms with Gasteiger partial charge in [-0.1, -0.05) is 6.07 Å². The van der Waals surface area contributed by atoms with Gasteiger partial charge in [0.1, 0.15) is 5.82 Å². The van der Waals surface area contributed by atoms with Crippen LogP contribution in [0, 0.1) is 18.6 Å². The van der Waals surface area contributed by atoms with Crippen LogP contribution in [0.5, 0.6) is 0 Å². The molecular formula is C18H18F2N6O3S. The van der Waals surface area contributed by atoms with Crippen LogP contribution in [-0.4, -0.2) is 41.5 Å². The normalized spacial score (nSPS) is 11.2. The molecule has 30 heavy (non-hydrogen) atoms. The minimum absolute atomic E-state index is 0.0318. The molecule has 9 nitrogen and oxygen atoms in total. The number of carbonyl (C=O) groups excluding carboxylic acids is 1. The standard InChI is InChI=1S/C18H18F2N6O3S/c1-12-4-5-13(11-15(12)20)25-30(28,29)10-8-22-18(27)23-16-6-9-26(24-16)17-14(19)3-2-7-21-17/h2-7,9,11,25H,8,10H2,1H3,(H2,22,23,24,27). The smallest absolute Gasteiger partial charge is 0.320 e. The third-order valence-corrected chi connectivity index (χ3v) is 5.18. The summed E-state index contributed by atoms with van der Waals surface area (Å²) in [4.78, 5) is 15.8. The number of carbonyl (C=O) groups is 1. The maximum Gasteiger partial charge on any atom is 0.320 e. The molecule has 3 rings (SSSR count). The van der Waals surface area contributed by atoms with E-state index in [0.29, 0.717) is 5.56 Å². The second-order valence-corrected chi connectivity index (χ2v) is 8.06. The molecule has 0 aliphatic rings. The highest BCUT2D eigenvalue weighted by Crippen LogP contribution is 2.15. The van der Waals surface area contributed by atoms with Gasteiger partial charge in [0.05, 0.1) is 11.4 Å². The van der Waals surface area contributed by atoms with Crippen molar-refractivity contribution >= 4 is 27.6 Å². The van der Waals surface area contributed by atoms with Crippen LogP contribution in [0.1, 0.15) is 5.56 Å². The van der Waals surface area contributed by atoms with Crippen LogP contribution < -0.4 is 15.4 Å². The maximum absolute atomic E-state index is 13.7. The molecule has 0 unspecified atom stereocenters. The molecule has 2 amide bonds. The number of amides is 2. The SMILES string of the molecule is Cc1ccc(NS(=O)(=O)CCNC(=O)Nc2ccn(-c3ncccc3F)n2)cc1F. The Bertz CT molecular complexity index is 1170. The number of pyridine rings is 1. The first kappa shape index (κ1) is 21.2. The summed E-state index contributed by atoms with van der Waals surface area (Å²) in [5.41, 5.74) is 0.486. The van der Waals surface area contributed by atoms with Crippen molar-refractivity contribution in [1.82, 2.24) is 20.1 Å². The Morgan fingerprint density at radius 3 is 2.70 bits per heavy atom. The van der Waals surface area contributed by atoms with Crippen LogP contribution in [0.25, 0.3) is 5.82 Å². The predicted molar refractivity (Wildman–Crippen MR) is 107 cm³/mol. The molecule has 0 bridgehead atoms. The van der Waals surface area contributed by atoms with Crippen molar-refractivity contribution in [2.45, 2.75) is 6.92 Å². The lowest BCUT2D eigenvalue weighted by atomic mass is 10.2. The Morgan fingerprint density at radius 1 is 1.17 bits per heavy atom. The van der Waals surface area contributed by atoms with Crippen LogP contribution in [0.3, 0.4) is 0 Å². The first-order valence-electron chi connectivity index (χ1n) is 8.71. The van der Waals surface area contributed by atoms with E-state index in [1.807, 2.05) is 0 Å². The van der Waals surface area contributed by atoms with E-state index in [1.54, 1.807) is 6.92 Å². The molecule has 0 saturated heterocycles. The summed E-state index contributed by atoms with van der Waals surface area (Å²) in [6, 6.07) is 7.37. The van der Waals surface area contributed by atoms with E-state index < -0.39 is 33.4 Å². The summed E-state index contributed by atoms with van der Waals surface area (Å²) in [7, 11) is -3.80. The maximum atomic E-state index is 13.7. The van der Waals surface area contributed by atoms with Crippen molar-refractivity contribution in [2.24, 2.45) is 0 Å². The third kappa shape index (κ3) is 5.50. The molecule has 2 heterocycles. The largest absolute Gasteiger partial charge is 0.337 e. The Kier molecular flexibility index (Phi) is 6.26. The number of halogens is 2. The number of nitrogens with zero attached hydrogens (tertiary/aromatic N) is 3.